The lowest BCUT2D eigenvalue weighted by Gasteiger charge is -2.22. The van der Waals surface area contributed by atoms with E-state index in [1.807, 2.05) is 17.5 Å². The smallest absolute Gasteiger partial charge is 0.227 e. The quantitative estimate of drug-likeness (QED) is 0.867. The van der Waals surface area contributed by atoms with E-state index in [9.17, 15) is 4.79 Å². The third-order valence-electron chi connectivity index (χ3n) is 2.85. The molecule has 17 heavy (non-hydrogen) atoms. The lowest BCUT2D eigenvalue weighted by atomic mass is 10.1. The topological polar surface area (TPSA) is 49.8 Å². The Morgan fingerprint density at radius 2 is 2.53 bits per heavy atom. The van der Waals surface area contributed by atoms with E-state index in [0.29, 0.717) is 32.7 Å². The van der Waals surface area contributed by atoms with Gasteiger partial charge in [0, 0.05) is 30.5 Å². The molecule has 94 valence electrons. The van der Waals surface area contributed by atoms with Crippen molar-refractivity contribution >= 4 is 17.2 Å². The highest BCUT2D eigenvalue weighted by Gasteiger charge is 2.22. The molecule has 4 nitrogen and oxygen atoms in total. The summed E-state index contributed by atoms with van der Waals surface area (Å²) in [5.41, 5.74) is 0. The molecule has 1 aromatic rings. The Balaban J connectivity index is 1.93. The van der Waals surface area contributed by atoms with Crippen molar-refractivity contribution < 1.29 is 14.6 Å². The van der Waals surface area contributed by atoms with Crippen LogP contribution in [0.3, 0.4) is 0 Å². The summed E-state index contributed by atoms with van der Waals surface area (Å²) >= 11 is 1.60. The molecule has 0 spiro atoms. The molecular weight excluding hydrogens is 238 g/mol. The Labute approximate surface area is 105 Å². The molecule has 1 amide bonds. The van der Waals surface area contributed by atoms with Crippen LogP contribution in [0.15, 0.2) is 17.5 Å². The van der Waals surface area contributed by atoms with Gasteiger partial charge in [0.25, 0.3) is 0 Å². The Morgan fingerprint density at radius 3 is 3.24 bits per heavy atom. The maximum absolute atomic E-state index is 12.1. The summed E-state index contributed by atoms with van der Waals surface area (Å²) < 4.78 is 5.36. The van der Waals surface area contributed by atoms with Gasteiger partial charge in [0.2, 0.25) is 5.91 Å². The van der Waals surface area contributed by atoms with E-state index in [4.69, 9.17) is 9.84 Å². The fourth-order valence-corrected chi connectivity index (χ4v) is 2.59. The zero-order valence-electron chi connectivity index (χ0n) is 9.67. The van der Waals surface area contributed by atoms with Crippen LogP contribution in [-0.4, -0.2) is 48.8 Å². The van der Waals surface area contributed by atoms with Gasteiger partial charge in [0.15, 0.2) is 0 Å². The minimum Gasteiger partial charge on any atom is -0.396 e. The first-order valence-electron chi connectivity index (χ1n) is 5.78. The van der Waals surface area contributed by atoms with Gasteiger partial charge in [0.05, 0.1) is 19.6 Å². The van der Waals surface area contributed by atoms with Crippen molar-refractivity contribution in [1.29, 1.82) is 0 Å². The first kappa shape index (κ1) is 12.5. The third kappa shape index (κ3) is 3.52. The van der Waals surface area contributed by atoms with Gasteiger partial charge in [-0.25, -0.2) is 0 Å². The number of hydrogen-bond acceptors (Lipinski definition) is 4. The number of carbonyl (C=O) groups excluding carboxylic acids is 1. The standard InChI is InChI=1S/C12H17NO3S/c14-8-10-7-13(3-4-16-9-10)12(15)6-11-2-1-5-17-11/h1-2,5,10,14H,3-4,6-9H2/t10-/m1/s1. The van der Waals surface area contributed by atoms with Crippen LogP contribution in [0.1, 0.15) is 4.88 Å². The summed E-state index contributed by atoms with van der Waals surface area (Å²) in [7, 11) is 0. The van der Waals surface area contributed by atoms with Gasteiger partial charge in [-0.3, -0.25) is 4.79 Å². The van der Waals surface area contributed by atoms with Gasteiger partial charge in [0.1, 0.15) is 0 Å². The minimum atomic E-state index is 0.0461. The van der Waals surface area contributed by atoms with Gasteiger partial charge < -0.3 is 14.7 Å². The van der Waals surface area contributed by atoms with Crippen molar-refractivity contribution in [3.63, 3.8) is 0 Å². The van der Waals surface area contributed by atoms with Gasteiger partial charge in [-0.1, -0.05) is 6.07 Å². The molecular formula is C12H17NO3S. The number of carbonyl (C=O) groups is 1. The second-order valence-corrected chi connectivity index (χ2v) is 5.25. The van der Waals surface area contributed by atoms with Crippen LogP contribution < -0.4 is 0 Å². The molecule has 1 atom stereocenters. The fourth-order valence-electron chi connectivity index (χ4n) is 1.89. The van der Waals surface area contributed by atoms with Crippen molar-refractivity contribution in [3.8, 4) is 0 Å². The normalized spacial score (nSPS) is 21.2. The van der Waals surface area contributed by atoms with E-state index in [0.717, 1.165) is 4.88 Å². The molecule has 1 aliphatic heterocycles. The number of aliphatic hydroxyl groups excluding tert-OH is 1. The second kappa shape index (κ2) is 6.14. The van der Waals surface area contributed by atoms with E-state index in [-0.39, 0.29) is 18.4 Å². The summed E-state index contributed by atoms with van der Waals surface area (Å²) in [6, 6.07) is 3.93. The van der Waals surface area contributed by atoms with Crippen LogP contribution in [-0.2, 0) is 16.0 Å². The number of aliphatic hydroxyl groups is 1. The molecule has 1 aliphatic rings. The Bertz CT molecular complexity index is 353. The Hall–Kier alpha value is -0.910. The van der Waals surface area contributed by atoms with Gasteiger partial charge in [-0.2, -0.15) is 0 Å². The van der Waals surface area contributed by atoms with Crippen molar-refractivity contribution in [2.24, 2.45) is 5.92 Å². The predicted octanol–water partition coefficient (Wildman–Crippen LogP) is 0.758. The predicted molar refractivity (Wildman–Crippen MR) is 66.0 cm³/mol. The second-order valence-electron chi connectivity index (χ2n) is 4.22. The molecule has 0 unspecified atom stereocenters. The van der Waals surface area contributed by atoms with Crippen LogP contribution in [0.4, 0.5) is 0 Å². The van der Waals surface area contributed by atoms with E-state index in [1.165, 1.54) is 0 Å². The summed E-state index contributed by atoms with van der Waals surface area (Å²) in [4.78, 5) is 15.0. The highest BCUT2D eigenvalue weighted by Crippen LogP contribution is 2.13. The number of rotatable bonds is 3. The van der Waals surface area contributed by atoms with E-state index in [1.54, 1.807) is 16.2 Å². The molecule has 2 heterocycles. The monoisotopic (exact) mass is 255 g/mol. The van der Waals surface area contributed by atoms with Crippen molar-refractivity contribution in [2.75, 3.05) is 32.9 Å². The number of ether oxygens (including phenoxy) is 1. The van der Waals surface area contributed by atoms with Crippen LogP contribution >= 0.6 is 11.3 Å². The molecule has 1 saturated heterocycles. The van der Waals surface area contributed by atoms with E-state index < -0.39 is 0 Å². The molecule has 1 N–H and O–H groups in total. The van der Waals surface area contributed by atoms with Gasteiger partial charge in [-0.15, -0.1) is 11.3 Å². The average Bonchev–Trinajstić information content (AvgIpc) is 2.71. The summed E-state index contributed by atoms with van der Waals surface area (Å²) in [5, 5.41) is 11.1. The van der Waals surface area contributed by atoms with Crippen LogP contribution in [0, 0.1) is 5.92 Å². The zero-order valence-corrected chi connectivity index (χ0v) is 10.5. The Kier molecular flexibility index (Phi) is 4.53. The van der Waals surface area contributed by atoms with Gasteiger partial charge >= 0.3 is 0 Å². The van der Waals surface area contributed by atoms with Crippen molar-refractivity contribution in [3.05, 3.63) is 22.4 Å². The summed E-state index contributed by atoms with van der Waals surface area (Å²) in [5.74, 6) is 0.168. The zero-order chi connectivity index (χ0) is 12.1. The molecule has 1 aromatic heterocycles. The largest absolute Gasteiger partial charge is 0.396 e. The Morgan fingerprint density at radius 1 is 1.65 bits per heavy atom. The third-order valence-corrected chi connectivity index (χ3v) is 3.73. The van der Waals surface area contributed by atoms with Crippen LogP contribution in [0.25, 0.3) is 0 Å². The first-order chi connectivity index (χ1) is 8.29. The number of thiophene rings is 1. The molecule has 1 fully saturated rings. The molecule has 0 aliphatic carbocycles. The highest BCUT2D eigenvalue weighted by molar-refractivity contribution is 7.10. The summed E-state index contributed by atoms with van der Waals surface area (Å²) in [6.07, 6.45) is 0.454. The van der Waals surface area contributed by atoms with Crippen LogP contribution in [0.5, 0.6) is 0 Å². The van der Waals surface area contributed by atoms with Crippen molar-refractivity contribution in [1.82, 2.24) is 4.90 Å². The summed E-state index contributed by atoms with van der Waals surface area (Å²) in [6.45, 7) is 2.40. The highest BCUT2D eigenvalue weighted by atomic mass is 32.1. The van der Waals surface area contributed by atoms with E-state index >= 15 is 0 Å². The van der Waals surface area contributed by atoms with E-state index in [2.05, 4.69) is 0 Å². The number of hydrogen-bond donors (Lipinski definition) is 1. The maximum atomic E-state index is 12.1. The maximum Gasteiger partial charge on any atom is 0.227 e. The molecule has 5 heteroatoms. The minimum absolute atomic E-state index is 0.0461. The number of amides is 1. The average molecular weight is 255 g/mol. The molecule has 0 radical (unpaired) electrons. The molecule has 0 aromatic carbocycles. The fraction of sp³-hybridized carbons (Fsp3) is 0.583. The molecule has 0 saturated carbocycles. The van der Waals surface area contributed by atoms with Crippen LogP contribution in [0.2, 0.25) is 0 Å². The number of nitrogens with zero attached hydrogens (tertiary/aromatic N) is 1. The lowest BCUT2D eigenvalue weighted by Crippen LogP contribution is -2.37. The lowest BCUT2D eigenvalue weighted by molar-refractivity contribution is -0.130. The first-order valence-corrected chi connectivity index (χ1v) is 6.66. The van der Waals surface area contributed by atoms with Gasteiger partial charge in [-0.05, 0) is 11.4 Å². The SMILES string of the molecule is O=C(Cc1cccs1)N1CCOC[C@@H](CO)C1. The van der Waals surface area contributed by atoms with Crippen molar-refractivity contribution in [2.45, 2.75) is 6.42 Å². The molecule has 0 bridgehead atoms. The molecule has 2 rings (SSSR count).